The van der Waals surface area contributed by atoms with Crippen LogP contribution in [0.25, 0.3) is 0 Å². The molecule has 21 heavy (non-hydrogen) atoms. The summed E-state index contributed by atoms with van der Waals surface area (Å²) in [5.41, 5.74) is 0.0828. The van der Waals surface area contributed by atoms with Gasteiger partial charge in [-0.05, 0) is 31.7 Å². The number of carbonyl (C=O) groups excluding carboxylic acids is 2. The fourth-order valence-corrected chi connectivity index (χ4v) is 2.66. The molecule has 3 rings (SSSR count). The van der Waals surface area contributed by atoms with Gasteiger partial charge in [-0.25, -0.2) is 8.78 Å². The molecule has 0 radical (unpaired) electrons. The summed E-state index contributed by atoms with van der Waals surface area (Å²) in [4.78, 5) is 25.8. The molecule has 4 nitrogen and oxygen atoms in total. The van der Waals surface area contributed by atoms with Crippen molar-refractivity contribution in [2.45, 2.75) is 38.4 Å². The second-order valence-electron chi connectivity index (χ2n) is 5.68. The van der Waals surface area contributed by atoms with E-state index in [1.54, 1.807) is 6.92 Å². The van der Waals surface area contributed by atoms with E-state index in [2.05, 4.69) is 5.32 Å². The molecule has 2 unspecified atom stereocenters. The van der Waals surface area contributed by atoms with Crippen LogP contribution in [-0.4, -0.2) is 28.8 Å². The Kier molecular flexibility index (Phi) is 3.39. The summed E-state index contributed by atoms with van der Waals surface area (Å²) in [5.74, 6) is -2.20. The highest BCUT2D eigenvalue weighted by Gasteiger charge is 2.45. The van der Waals surface area contributed by atoms with Crippen molar-refractivity contribution in [1.82, 2.24) is 10.2 Å². The van der Waals surface area contributed by atoms with Gasteiger partial charge in [-0.15, -0.1) is 0 Å². The van der Waals surface area contributed by atoms with Crippen molar-refractivity contribution in [3.63, 3.8) is 0 Å². The molecule has 2 atom stereocenters. The predicted octanol–water partition coefficient (Wildman–Crippen LogP) is 1.59. The number of hydrogen-bond acceptors (Lipinski definition) is 2. The maximum atomic E-state index is 13.8. The van der Waals surface area contributed by atoms with E-state index in [0.717, 1.165) is 18.9 Å². The Balaban J connectivity index is 1.86. The second kappa shape index (κ2) is 5.09. The molecule has 1 aromatic carbocycles. The van der Waals surface area contributed by atoms with Crippen molar-refractivity contribution in [1.29, 1.82) is 0 Å². The molecule has 2 amide bonds. The molecule has 1 N–H and O–H groups in total. The Bertz CT molecular complexity index is 601. The molecule has 2 aliphatic rings. The molecule has 0 aromatic heterocycles. The molecule has 0 spiro atoms. The first-order chi connectivity index (χ1) is 9.99. The highest BCUT2D eigenvalue weighted by molar-refractivity contribution is 5.97. The van der Waals surface area contributed by atoms with E-state index in [9.17, 15) is 18.4 Å². The summed E-state index contributed by atoms with van der Waals surface area (Å²) in [6.07, 6.45) is 1.82. The first-order valence-electron chi connectivity index (χ1n) is 7.03. The number of rotatable bonds is 3. The lowest BCUT2D eigenvalue weighted by Gasteiger charge is -2.37. The number of benzene rings is 1. The molecule has 1 saturated carbocycles. The Hall–Kier alpha value is -1.98. The average Bonchev–Trinajstić information content (AvgIpc) is 3.28. The number of piperazine rings is 1. The standard InChI is InChI=1S/C15H16F2N2O2/c1-8-14(20)18-13(9-5-6-9)15(21)19(8)7-10-3-2-4-11(16)12(10)17/h2-4,8-9,13H,5-7H2,1H3,(H,18,20). The Labute approximate surface area is 121 Å². The van der Waals surface area contributed by atoms with Gasteiger partial charge in [-0.2, -0.15) is 0 Å². The minimum absolute atomic E-state index is 0.0828. The van der Waals surface area contributed by atoms with Crippen molar-refractivity contribution in [2.75, 3.05) is 0 Å². The van der Waals surface area contributed by atoms with E-state index >= 15 is 0 Å². The fraction of sp³-hybridized carbons (Fsp3) is 0.467. The van der Waals surface area contributed by atoms with Gasteiger partial charge in [0.2, 0.25) is 11.8 Å². The number of amides is 2. The van der Waals surface area contributed by atoms with Crippen LogP contribution >= 0.6 is 0 Å². The number of carbonyl (C=O) groups is 2. The zero-order valence-electron chi connectivity index (χ0n) is 11.6. The summed E-state index contributed by atoms with van der Waals surface area (Å²) in [7, 11) is 0. The van der Waals surface area contributed by atoms with E-state index in [1.807, 2.05) is 0 Å². The van der Waals surface area contributed by atoms with Gasteiger partial charge in [0, 0.05) is 12.1 Å². The van der Waals surface area contributed by atoms with E-state index in [-0.39, 0.29) is 29.8 Å². The molecule has 0 bridgehead atoms. The zero-order chi connectivity index (χ0) is 15.1. The van der Waals surface area contributed by atoms with Crippen LogP contribution in [0.4, 0.5) is 8.78 Å². The Morgan fingerprint density at radius 3 is 2.67 bits per heavy atom. The third-order valence-electron chi connectivity index (χ3n) is 4.16. The molecule has 2 fully saturated rings. The SMILES string of the molecule is CC1C(=O)NC(C2CC2)C(=O)N1Cc1cccc(F)c1F. The van der Waals surface area contributed by atoms with Crippen LogP contribution in [0.5, 0.6) is 0 Å². The molecule has 1 aromatic rings. The molecular weight excluding hydrogens is 278 g/mol. The number of hydrogen-bond donors (Lipinski definition) is 1. The summed E-state index contributed by atoms with van der Waals surface area (Å²) in [6, 6.07) is 2.64. The average molecular weight is 294 g/mol. The third kappa shape index (κ3) is 2.50. The topological polar surface area (TPSA) is 49.4 Å². The maximum Gasteiger partial charge on any atom is 0.246 e. The van der Waals surface area contributed by atoms with Gasteiger partial charge in [-0.1, -0.05) is 12.1 Å². The fourth-order valence-electron chi connectivity index (χ4n) is 2.66. The summed E-state index contributed by atoms with van der Waals surface area (Å²) >= 11 is 0. The molecule has 1 saturated heterocycles. The summed E-state index contributed by atoms with van der Waals surface area (Å²) in [6.45, 7) is 1.49. The van der Waals surface area contributed by atoms with Crippen LogP contribution in [0, 0.1) is 17.6 Å². The number of nitrogens with zero attached hydrogens (tertiary/aromatic N) is 1. The monoisotopic (exact) mass is 294 g/mol. The molecular formula is C15H16F2N2O2. The lowest BCUT2D eigenvalue weighted by molar-refractivity contribution is -0.150. The van der Waals surface area contributed by atoms with E-state index < -0.39 is 23.7 Å². The summed E-state index contributed by atoms with van der Waals surface area (Å²) in [5, 5.41) is 2.72. The lowest BCUT2D eigenvalue weighted by atomic mass is 10.0. The Morgan fingerprint density at radius 2 is 2.00 bits per heavy atom. The lowest BCUT2D eigenvalue weighted by Crippen LogP contribution is -2.62. The van der Waals surface area contributed by atoms with Crippen LogP contribution in [0.3, 0.4) is 0 Å². The highest BCUT2D eigenvalue weighted by atomic mass is 19.2. The van der Waals surface area contributed by atoms with Gasteiger partial charge in [-0.3, -0.25) is 9.59 Å². The first kappa shape index (κ1) is 14.0. The van der Waals surface area contributed by atoms with Gasteiger partial charge in [0.1, 0.15) is 12.1 Å². The predicted molar refractivity (Wildman–Crippen MR) is 71.0 cm³/mol. The molecule has 1 aliphatic heterocycles. The maximum absolute atomic E-state index is 13.8. The van der Waals surface area contributed by atoms with Crippen LogP contribution in [0.15, 0.2) is 18.2 Å². The quantitative estimate of drug-likeness (QED) is 0.920. The minimum atomic E-state index is -0.966. The number of nitrogens with one attached hydrogen (secondary N) is 1. The molecule has 1 aliphatic carbocycles. The van der Waals surface area contributed by atoms with Crippen molar-refractivity contribution < 1.29 is 18.4 Å². The summed E-state index contributed by atoms with van der Waals surface area (Å²) < 4.78 is 27.0. The van der Waals surface area contributed by atoms with Crippen LogP contribution in [-0.2, 0) is 16.1 Å². The highest BCUT2D eigenvalue weighted by Crippen LogP contribution is 2.35. The van der Waals surface area contributed by atoms with Gasteiger partial charge in [0.15, 0.2) is 11.6 Å². The van der Waals surface area contributed by atoms with Crippen molar-refractivity contribution in [2.24, 2.45) is 5.92 Å². The molecule has 1 heterocycles. The molecule has 6 heteroatoms. The van der Waals surface area contributed by atoms with Gasteiger partial charge in [0.05, 0.1) is 0 Å². The van der Waals surface area contributed by atoms with E-state index in [1.165, 1.54) is 17.0 Å². The zero-order valence-corrected chi connectivity index (χ0v) is 11.6. The van der Waals surface area contributed by atoms with E-state index in [4.69, 9.17) is 0 Å². The minimum Gasteiger partial charge on any atom is -0.342 e. The van der Waals surface area contributed by atoms with Crippen molar-refractivity contribution in [3.8, 4) is 0 Å². The van der Waals surface area contributed by atoms with Crippen LogP contribution in [0.2, 0.25) is 0 Å². The second-order valence-corrected chi connectivity index (χ2v) is 5.68. The van der Waals surface area contributed by atoms with E-state index in [0.29, 0.717) is 0 Å². The van der Waals surface area contributed by atoms with Crippen molar-refractivity contribution in [3.05, 3.63) is 35.4 Å². The van der Waals surface area contributed by atoms with Crippen LogP contribution in [0.1, 0.15) is 25.3 Å². The van der Waals surface area contributed by atoms with Crippen LogP contribution < -0.4 is 5.32 Å². The Morgan fingerprint density at radius 1 is 1.29 bits per heavy atom. The first-order valence-corrected chi connectivity index (χ1v) is 7.03. The van der Waals surface area contributed by atoms with Gasteiger partial charge in [0.25, 0.3) is 0 Å². The van der Waals surface area contributed by atoms with Gasteiger partial charge >= 0.3 is 0 Å². The number of halogens is 2. The van der Waals surface area contributed by atoms with Crippen molar-refractivity contribution >= 4 is 11.8 Å². The molecule has 112 valence electrons. The third-order valence-corrected chi connectivity index (χ3v) is 4.16. The normalized spacial score (nSPS) is 26.0. The van der Waals surface area contributed by atoms with Gasteiger partial charge < -0.3 is 10.2 Å². The largest absolute Gasteiger partial charge is 0.342 e. The smallest absolute Gasteiger partial charge is 0.246 e.